The van der Waals surface area contributed by atoms with Crippen molar-refractivity contribution in [3.8, 4) is 11.8 Å². The first-order chi connectivity index (χ1) is 6.24. The van der Waals surface area contributed by atoms with Crippen LogP contribution in [0.3, 0.4) is 0 Å². The van der Waals surface area contributed by atoms with Gasteiger partial charge in [0.15, 0.2) is 0 Å². The zero-order valence-electron chi connectivity index (χ0n) is 6.92. The predicted octanol–water partition coefficient (Wildman–Crippen LogP) is 1.47. The van der Waals surface area contributed by atoms with Gasteiger partial charge in [-0.05, 0) is 6.07 Å². The third-order valence-corrected chi connectivity index (χ3v) is 1.56. The molecule has 4 heteroatoms. The van der Waals surface area contributed by atoms with Crippen molar-refractivity contribution in [2.45, 2.75) is 6.42 Å². The topological polar surface area (TPSA) is 38.9 Å². The van der Waals surface area contributed by atoms with Gasteiger partial charge in [0.05, 0.1) is 5.69 Å². The number of hydrogen-bond acceptors (Lipinski definition) is 3. The summed E-state index contributed by atoms with van der Waals surface area (Å²) in [5.74, 6) is 5.71. The number of thiol groups is 1. The van der Waals surface area contributed by atoms with Gasteiger partial charge in [-0.1, -0.05) is 11.8 Å². The Morgan fingerprint density at radius 1 is 1.62 bits per heavy atom. The highest BCUT2D eigenvalue weighted by Gasteiger charge is 1.97. The molecule has 0 aromatic carbocycles. The molecule has 0 spiro atoms. The van der Waals surface area contributed by atoms with E-state index in [9.17, 15) is 4.39 Å². The summed E-state index contributed by atoms with van der Waals surface area (Å²) in [6, 6.07) is 1.47. The van der Waals surface area contributed by atoms with Crippen LogP contribution in [0, 0.1) is 17.8 Å². The van der Waals surface area contributed by atoms with Crippen LogP contribution < -0.4 is 5.73 Å². The molecule has 0 atom stereocenters. The van der Waals surface area contributed by atoms with E-state index in [0.717, 1.165) is 0 Å². The largest absolute Gasteiger partial charge is 0.395 e. The maximum atomic E-state index is 12.6. The van der Waals surface area contributed by atoms with Crippen LogP contribution in [0.1, 0.15) is 12.0 Å². The second kappa shape index (κ2) is 4.73. The first-order valence-electron chi connectivity index (χ1n) is 3.75. The predicted molar refractivity (Wildman–Crippen MR) is 54.0 cm³/mol. The highest BCUT2D eigenvalue weighted by molar-refractivity contribution is 7.80. The van der Waals surface area contributed by atoms with Gasteiger partial charge in [0, 0.05) is 23.9 Å². The molecule has 1 aromatic rings. The van der Waals surface area contributed by atoms with Crippen LogP contribution in [0.15, 0.2) is 12.3 Å². The molecule has 68 valence electrons. The van der Waals surface area contributed by atoms with Crippen LogP contribution in [0.25, 0.3) is 0 Å². The molecular formula is C9H9FN2S. The van der Waals surface area contributed by atoms with E-state index in [2.05, 4.69) is 29.5 Å². The van der Waals surface area contributed by atoms with Crippen LogP contribution in [0.5, 0.6) is 0 Å². The lowest BCUT2D eigenvalue weighted by Crippen LogP contribution is -1.94. The minimum atomic E-state index is -0.653. The van der Waals surface area contributed by atoms with Crippen molar-refractivity contribution in [3.63, 3.8) is 0 Å². The fourth-order valence-electron chi connectivity index (χ4n) is 0.754. The zero-order valence-corrected chi connectivity index (χ0v) is 7.81. The number of aromatic nitrogens is 1. The van der Waals surface area contributed by atoms with Crippen molar-refractivity contribution in [2.75, 3.05) is 11.5 Å². The lowest BCUT2D eigenvalue weighted by Gasteiger charge is -1.94. The molecule has 0 aliphatic carbocycles. The van der Waals surface area contributed by atoms with Crippen LogP contribution in [-0.2, 0) is 0 Å². The van der Waals surface area contributed by atoms with Crippen molar-refractivity contribution in [1.82, 2.24) is 4.98 Å². The number of nitrogen functional groups attached to an aromatic ring is 1. The monoisotopic (exact) mass is 196 g/mol. The number of halogens is 1. The fraction of sp³-hybridized carbons (Fsp3) is 0.222. The summed E-state index contributed by atoms with van der Waals surface area (Å²) in [6.07, 6.45) is 2.05. The van der Waals surface area contributed by atoms with Crippen molar-refractivity contribution in [3.05, 3.63) is 23.8 Å². The van der Waals surface area contributed by atoms with Gasteiger partial charge >= 0.3 is 0 Å². The lowest BCUT2D eigenvalue weighted by atomic mass is 10.2. The van der Waals surface area contributed by atoms with Gasteiger partial charge < -0.3 is 5.73 Å². The molecule has 0 radical (unpaired) electrons. The van der Waals surface area contributed by atoms with Gasteiger partial charge in [-0.25, -0.2) is 4.98 Å². The molecule has 2 N–H and O–H groups in total. The van der Waals surface area contributed by atoms with E-state index < -0.39 is 5.95 Å². The van der Waals surface area contributed by atoms with E-state index >= 15 is 0 Å². The molecule has 13 heavy (non-hydrogen) atoms. The Balaban J connectivity index is 2.81. The van der Waals surface area contributed by atoms with Crippen molar-refractivity contribution < 1.29 is 4.39 Å². The average Bonchev–Trinajstić information content (AvgIpc) is 2.12. The van der Waals surface area contributed by atoms with E-state index in [1.54, 1.807) is 0 Å². The summed E-state index contributed by atoms with van der Waals surface area (Å²) in [5, 5.41) is 0. The van der Waals surface area contributed by atoms with Gasteiger partial charge in [-0.3, -0.25) is 0 Å². The molecule has 2 nitrogen and oxygen atoms in total. The van der Waals surface area contributed by atoms with E-state index in [0.29, 0.717) is 17.7 Å². The zero-order chi connectivity index (χ0) is 9.68. The summed E-state index contributed by atoms with van der Waals surface area (Å²) in [7, 11) is 0. The lowest BCUT2D eigenvalue weighted by molar-refractivity contribution is 0.588. The fourth-order valence-corrected chi connectivity index (χ4v) is 0.866. The third kappa shape index (κ3) is 2.96. The average molecular weight is 196 g/mol. The minimum Gasteiger partial charge on any atom is -0.395 e. The SMILES string of the molecule is Nc1cc(C#CCCS)cnc1F. The Morgan fingerprint density at radius 3 is 3.00 bits per heavy atom. The number of nitrogens with two attached hydrogens (primary N) is 1. The maximum absolute atomic E-state index is 12.6. The van der Waals surface area contributed by atoms with Gasteiger partial charge in [-0.15, -0.1) is 0 Å². The molecule has 0 saturated heterocycles. The first-order valence-corrected chi connectivity index (χ1v) is 4.38. The Kier molecular flexibility index (Phi) is 3.59. The Bertz CT molecular complexity index is 354. The van der Waals surface area contributed by atoms with Crippen molar-refractivity contribution in [2.24, 2.45) is 0 Å². The Morgan fingerprint density at radius 2 is 2.38 bits per heavy atom. The third-order valence-electron chi connectivity index (χ3n) is 1.34. The molecule has 0 amide bonds. The first kappa shape index (κ1) is 9.87. The molecule has 1 rings (SSSR count). The molecule has 0 bridgehead atoms. The van der Waals surface area contributed by atoms with E-state index in [1.807, 2.05) is 0 Å². The summed E-state index contributed by atoms with van der Waals surface area (Å²) in [6.45, 7) is 0. The van der Waals surface area contributed by atoms with Crippen LogP contribution in [-0.4, -0.2) is 10.7 Å². The van der Waals surface area contributed by atoms with Gasteiger partial charge in [-0.2, -0.15) is 17.0 Å². The molecule has 1 aromatic heterocycles. The highest BCUT2D eigenvalue weighted by atomic mass is 32.1. The smallest absolute Gasteiger partial charge is 0.236 e. The van der Waals surface area contributed by atoms with Gasteiger partial charge in [0.2, 0.25) is 5.95 Å². The number of hydrogen-bond donors (Lipinski definition) is 2. The second-order valence-electron chi connectivity index (χ2n) is 2.38. The van der Waals surface area contributed by atoms with E-state index in [1.165, 1.54) is 12.3 Å². The van der Waals surface area contributed by atoms with Crippen LogP contribution in [0.2, 0.25) is 0 Å². The molecule has 0 aliphatic heterocycles. The van der Waals surface area contributed by atoms with E-state index in [-0.39, 0.29) is 5.69 Å². The van der Waals surface area contributed by atoms with Crippen LogP contribution >= 0.6 is 12.6 Å². The van der Waals surface area contributed by atoms with Crippen molar-refractivity contribution >= 4 is 18.3 Å². The Hall–Kier alpha value is -1.21. The normalized spacial score (nSPS) is 9.08. The van der Waals surface area contributed by atoms with Gasteiger partial charge in [0.1, 0.15) is 0 Å². The van der Waals surface area contributed by atoms with E-state index in [4.69, 9.17) is 5.73 Å². The number of nitrogens with zero attached hydrogens (tertiary/aromatic N) is 1. The second-order valence-corrected chi connectivity index (χ2v) is 2.83. The maximum Gasteiger partial charge on any atom is 0.236 e. The molecule has 0 unspecified atom stereocenters. The van der Waals surface area contributed by atoms with Crippen LogP contribution in [0.4, 0.5) is 10.1 Å². The number of anilines is 1. The molecule has 0 saturated carbocycles. The molecule has 1 heterocycles. The molecule has 0 aliphatic rings. The quantitative estimate of drug-likeness (QED) is 0.405. The molecular weight excluding hydrogens is 187 g/mol. The standard InChI is InChI=1S/C9H9FN2S/c10-9-8(11)5-7(6-12-9)3-1-2-4-13/h5-6,13H,2,4,11H2. The molecule has 0 fully saturated rings. The Labute approximate surface area is 81.8 Å². The summed E-state index contributed by atoms with van der Waals surface area (Å²) in [5.41, 5.74) is 5.96. The number of pyridine rings is 1. The van der Waals surface area contributed by atoms with Crippen molar-refractivity contribution in [1.29, 1.82) is 0 Å². The number of rotatable bonds is 1. The summed E-state index contributed by atoms with van der Waals surface area (Å²) in [4.78, 5) is 3.44. The summed E-state index contributed by atoms with van der Waals surface area (Å²) >= 11 is 4.00. The van der Waals surface area contributed by atoms with Gasteiger partial charge in [0.25, 0.3) is 0 Å². The minimum absolute atomic E-state index is 0.0256. The highest BCUT2D eigenvalue weighted by Crippen LogP contribution is 2.07. The summed E-state index contributed by atoms with van der Waals surface area (Å²) < 4.78 is 12.6.